The van der Waals surface area contributed by atoms with Crippen molar-refractivity contribution in [2.75, 3.05) is 0 Å². The molecule has 1 aliphatic carbocycles. The second-order valence-electron chi connectivity index (χ2n) is 10.8. The molecule has 3 aromatic carbocycles. The summed E-state index contributed by atoms with van der Waals surface area (Å²) >= 11 is 0. The van der Waals surface area contributed by atoms with Crippen molar-refractivity contribution in [3.63, 3.8) is 0 Å². The molecule has 1 aliphatic rings. The molecule has 11 heteroatoms. The van der Waals surface area contributed by atoms with Crippen LogP contribution < -0.4 is 5.32 Å². The Morgan fingerprint density at radius 1 is 0.854 bits per heavy atom. The number of hydrogen-bond acceptors (Lipinski definition) is 2. The molecule has 4 rings (SSSR count). The van der Waals surface area contributed by atoms with E-state index in [1.807, 2.05) is 20.8 Å². The maximum atomic E-state index is 14.3. The Bertz CT molecular complexity index is 1340. The molecule has 0 aromatic heterocycles. The van der Waals surface area contributed by atoms with E-state index in [-0.39, 0.29) is 17.9 Å². The molecule has 1 atom stereocenters. The molecular weight excluding hydrogens is 561 g/mol. The van der Waals surface area contributed by atoms with Gasteiger partial charge in [-0.05, 0) is 55.9 Å². The zero-order valence-corrected chi connectivity index (χ0v) is 22.4. The van der Waals surface area contributed by atoms with Gasteiger partial charge in [0.2, 0.25) is 0 Å². The first-order valence-corrected chi connectivity index (χ1v) is 12.8. The second kappa shape index (κ2) is 11.0. The van der Waals surface area contributed by atoms with Gasteiger partial charge in [-0.25, -0.2) is 13.2 Å². The van der Waals surface area contributed by atoms with Gasteiger partial charge in [0.1, 0.15) is 17.5 Å². The Morgan fingerprint density at radius 3 is 1.95 bits per heavy atom. The molecule has 0 aliphatic heterocycles. The number of aryl methyl sites for hydroxylation is 1. The standard InChI is InChI=1S/C30H28F9NO/c1-17-7-12-26(33)22(13-17)18(2)40-21-14-27(3,15-21)19-8-10-20(11-9-19)28(29(34,35)36,30(37,38)39)41-16-23-24(31)5-4-6-25(23)32/h4-13,18,21,40H,14-16H2,1-3H3. The maximum Gasteiger partial charge on any atom is 0.430 e. The van der Waals surface area contributed by atoms with E-state index in [9.17, 15) is 39.5 Å². The molecule has 1 saturated carbocycles. The van der Waals surface area contributed by atoms with Crippen molar-refractivity contribution in [1.82, 2.24) is 5.32 Å². The maximum absolute atomic E-state index is 14.3. The number of ether oxygens (including phenoxy) is 1. The zero-order chi connectivity index (χ0) is 30.4. The average molecular weight is 590 g/mol. The zero-order valence-electron chi connectivity index (χ0n) is 22.4. The number of rotatable bonds is 8. The summed E-state index contributed by atoms with van der Waals surface area (Å²) in [4.78, 5) is 0. The SMILES string of the molecule is Cc1ccc(F)c(C(C)NC2CC(C)(c3ccc(C(OCc4c(F)cccc4F)(C(F)(F)F)C(F)(F)F)cc3)C2)c1. The van der Waals surface area contributed by atoms with Crippen molar-refractivity contribution in [1.29, 1.82) is 0 Å². The largest absolute Gasteiger partial charge is 0.430 e. The van der Waals surface area contributed by atoms with Crippen LogP contribution in [0.25, 0.3) is 0 Å². The van der Waals surface area contributed by atoms with Gasteiger partial charge >= 0.3 is 12.4 Å². The molecule has 1 N–H and O–H groups in total. The van der Waals surface area contributed by atoms with E-state index in [4.69, 9.17) is 0 Å². The summed E-state index contributed by atoms with van der Waals surface area (Å²) in [5.41, 5.74) is -5.81. The summed E-state index contributed by atoms with van der Waals surface area (Å²) < 4.78 is 132. The smallest absolute Gasteiger partial charge is 0.349 e. The molecule has 0 bridgehead atoms. The van der Waals surface area contributed by atoms with Crippen LogP contribution in [0.15, 0.2) is 60.7 Å². The normalized spacial score (nSPS) is 20.5. The number of alkyl halides is 6. The van der Waals surface area contributed by atoms with Crippen LogP contribution in [-0.2, 0) is 22.4 Å². The Hall–Kier alpha value is -3.05. The number of benzene rings is 3. The van der Waals surface area contributed by atoms with E-state index < -0.39 is 52.7 Å². The molecular formula is C30H28F9NO. The van der Waals surface area contributed by atoms with Crippen molar-refractivity contribution in [3.05, 3.63) is 106 Å². The van der Waals surface area contributed by atoms with Gasteiger partial charge in [-0.1, -0.05) is 55.0 Å². The number of hydrogen-bond donors (Lipinski definition) is 1. The average Bonchev–Trinajstić information content (AvgIpc) is 2.85. The molecule has 0 saturated heterocycles. The monoisotopic (exact) mass is 589 g/mol. The van der Waals surface area contributed by atoms with Gasteiger partial charge in [0.05, 0.1) is 6.61 Å². The van der Waals surface area contributed by atoms with Gasteiger partial charge in [0, 0.05) is 28.8 Å². The molecule has 0 amide bonds. The van der Waals surface area contributed by atoms with Gasteiger partial charge in [0.25, 0.3) is 5.60 Å². The van der Waals surface area contributed by atoms with Gasteiger partial charge in [-0.3, -0.25) is 0 Å². The fourth-order valence-corrected chi connectivity index (χ4v) is 5.51. The van der Waals surface area contributed by atoms with Gasteiger partial charge < -0.3 is 10.1 Å². The summed E-state index contributed by atoms with van der Waals surface area (Å²) in [6.45, 7) is 3.87. The molecule has 0 heterocycles. The van der Waals surface area contributed by atoms with Crippen LogP contribution in [0.1, 0.15) is 60.5 Å². The first kappa shape index (κ1) is 30.9. The minimum Gasteiger partial charge on any atom is -0.349 e. The van der Waals surface area contributed by atoms with E-state index in [1.165, 1.54) is 18.2 Å². The Labute approximate surface area is 231 Å². The van der Waals surface area contributed by atoms with Gasteiger partial charge in [0.15, 0.2) is 0 Å². The minimum atomic E-state index is -6.01. The fraction of sp³-hybridized carbons (Fsp3) is 0.400. The summed E-state index contributed by atoms with van der Waals surface area (Å²) in [7, 11) is 0. The van der Waals surface area contributed by atoms with E-state index >= 15 is 0 Å². The lowest BCUT2D eigenvalue weighted by atomic mass is 9.62. The van der Waals surface area contributed by atoms with Crippen molar-refractivity contribution in [2.24, 2.45) is 0 Å². The summed E-state index contributed by atoms with van der Waals surface area (Å²) in [5.74, 6) is -3.02. The molecule has 1 fully saturated rings. The summed E-state index contributed by atoms with van der Waals surface area (Å²) in [5, 5.41) is 3.32. The highest BCUT2D eigenvalue weighted by molar-refractivity contribution is 5.36. The summed E-state index contributed by atoms with van der Waals surface area (Å²) in [6, 6.07) is 10.5. The van der Waals surface area contributed by atoms with Crippen LogP contribution in [0.5, 0.6) is 0 Å². The van der Waals surface area contributed by atoms with E-state index in [0.29, 0.717) is 48.2 Å². The lowest BCUT2D eigenvalue weighted by Crippen LogP contribution is -2.56. The number of nitrogens with one attached hydrogen (secondary N) is 1. The lowest BCUT2D eigenvalue weighted by Gasteiger charge is -2.47. The Morgan fingerprint density at radius 2 is 1.41 bits per heavy atom. The summed E-state index contributed by atoms with van der Waals surface area (Å²) in [6.07, 6.45) is -11.0. The highest BCUT2D eigenvalue weighted by Crippen LogP contribution is 2.54. The van der Waals surface area contributed by atoms with Crippen LogP contribution in [0.3, 0.4) is 0 Å². The van der Waals surface area contributed by atoms with Crippen LogP contribution in [0, 0.1) is 24.4 Å². The van der Waals surface area contributed by atoms with Crippen molar-refractivity contribution in [2.45, 2.75) is 75.7 Å². The predicted octanol–water partition coefficient (Wildman–Crippen LogP) is 8.72. The molecule has 1 unspecified atom stereocenters. The number of halogens is 9. The molecule has 3 aromatic rings. The third-order valence-corrected chi connectivity index (χ3v) is 7.78. The Balaban J connectivity index is 1.56. The van der Waals surface area contributed by atoms with E-state index in [1.54, 1.807) is 12.1 Å². The van der Waals surface area contributed by atoms with Crippen LogP contribution >= 0.6 is 0 Å². The van der Waals surface area contributed by atoms with Crippen LogP contribution in [0.4, 0.5) is 39.5 Å². The molecule has 0 spiro atoms. The van der Waals surface area contributed by atoms with Gasteiger partial charge in [-0.15, -0.1) is 0 Å². The fourth-order valence-electron chi connectivity index (χ4n) is 5.51. The van der Waals surface area contributed by atoms with Crippen LogP contribution in [-0.4, -0.2) is 18.4 Å². The van der Waals surface area contributed by atoms with Crippen molar-refractivity contribution >= 4 is 0 Å². The van der Waals surface area contributed by atoms with Crippen molar-refractivity contribution < 1.29 is 44.3 Å². The van der Waals surface area contributed by atoms with E-state index in [0.717, 1.165) is 11.6 Å². The first-order valence-electron chi connectivity index (χ1n) is 12.8. The predicted molar refractivity (Wildman–Crippen MR) is 134 cm³/mol. The third kappa shape index (κ3) is 5.83. The highest BCUT2D eigenvalue weighted by atomic mass is 19.4. The van der Waals surface area contributed by atoms with E-state index in [2.05, 4.69) is 10.1 Å². The van der Waals surface area contributed by atoms with Crippen LogP contribution in [0.2, 0.25) is 0 Å². The van der Waals surface area contributed by atoms with Gasteiger partial charge in [-0.2, -0.15) is 26.3 Å². The second-order valence-corrected chi connectivity index (χ2v) is 10.8. The lowest BCUT2D eigenvalue weighted by molar-refractivity contribution is -0.392. The molecule has 0 radical (unpaired) electrons. The molecule has 222 valence electrons. The first-order chi connectivity index (χ1) is 19.0. The third-order valence-electron chi connectivity index (χ3n) is 7.78. The topological polar surface area (TPSA) is 21.3 Å². The Kier molecular flexibility index (Phi) is 8.27. The minimum absolute atomic E-state index is 0.0574. The van der Waals surface area contributed by atoms with Crippen molar-refractivity contribution in [3.8, 4) is 0 Å². The molecule has 2 nitrogen and oxygen atoms in total. The molecule has 41 heavy (non-hydrogen) atoms. The quantitative estimate of drug-likeness (QED) is 0.266. The highest BCUT2D eigenvalue weighted by Gasteiger charge is 2.73.